The summed E-state index contributed by atoms with van der Waals surface area (Å²) < 4.78 is 40.9. The molecule has 3 aliphatic rings. The zero-order valence-electron chi connectivity index (χ0n) is 15.7. The van der Waals surface area contributed by atoms with Crippen LogP contribution in [0, 0.1) is 29.1 Å². The quantitative estimate of drug-likeness (QED) is 0.767. The standard InChI is InChI=1S/C19H21F3N4O3/c1-9-15(27)8-26(9)18-11(5-23)14(19(20,21)22)4-16(24-18)25-6-12-10(13(12)7-25)2-3-17(28)29/h4,9-10,12-13,15,27H,2-3,6-8H2,1H3,(H,28,29)/t9-,10?,12?,13?,15+/m0/s1. The molecule has 1 saturated carbocycles. The van der Waals surface area contributed by atoms with E-state index in [1.165, 1.54) is 4.90 Å². The molecule has 0 spiro atoms. The number of carboxylic acids is 1. The maximum absolute atomic E-state index is 13.6. The first kappa shape index (κ1) is 19.8. The Hall–Kier alpha value is -2.54. The van der Waals surface area contributed by atoms with E-state index in [0.29, 0.717) is 25.4 Å². The fourth-order valence-electron chi connectivity index (χ4n) is 4.65. The van der Waals surface area contributed by atoms with Crippen molar-refractivity contribution in [3.05, 3.63) is 17.2 Å². The van der Waals surface area contributed by atoms with E-state index in [-0.39, 0.29) is 36.4 Å². The Balaban J connectivity index is 1.60. The molecule has 2 aliphatic heterocycles. The second-order valence-corrected chi connectivity index (χ2v) is 8.13. The van der Waals surface area contributed by atoms with Crippen LogP contribution in [0.15, 0.2) is 6.07 Å². The normalized spacial score (nSPS) is 30.6. The summed E-state index contributed by atoms with van der Waals surface area (Å²) in [5.41, 5.74) is -1.54. The number of nitrogens with zero attached hydrogens (tertiary/aromatic N) is 4. The number of pyridine rings is 1. The predicted octanol–water partition coefficient (Wildman–Crippen LogP) is 2.09. The minimum atomic E-state index is -4.70. The lowest BCUT2D eigenvalue weighted by Crippen LogP contribution is -2.59. The van der Waals surface area contributed by atoms with Crippen LogP contribution in [0.5, 0.6) is 0 Å². The third-order valence-corrected chi connectivity index (χ3v) is 6.50. The van der Waals surface area contributed by atoms with Gasteiger partial charge in [0.15, 0.2) is 0 Å². The number of fused-ring (bicyclic) bond motifs is 1. The van der Waals surface area contributed by atoms with Crippen LogP contribution in [0.2, 0.25) is 0 Å². The van der Waals surface area contributed by atoms with Crippen LogP contribution in [0.1, 0.15) is 30.9 Å². The van der Waals surface area contributed by atoms with Crippen molar-refractivity contribution in [3.8, 4) is 6.07 Å². The number of hydrogen-bond donors (Lipinski definition) is 2. The van der Waals surface area contributed by atoms with Crippen molar-refractivity contribution in [2.24, 2.45) is 17.8 Å². The van der Waals surface area contributed by atoms with Crippen LogP contribution < -0.4 is 9.80 Å². The van der Waals surface area contributed by atoms with Gasteiger partial charge in [-0.05, 0) is 37.2 Å². The Kier molecular flexibility index (Phi) is 4.61. The van der Waals surface area contributed by atoms with Gasteiger partial charge in [0.1, 0.15) is 23.3 Å². The summed E-state index contributed by atoms with van der Waals surface area (Å²) in [4.78, 5) is 18.4. The number of rotatable bonds is 5. The smallest absolute Gasteiger partial charge is 0.417 e. The fourth-order valence-corrected chi connectivity index (χ4v) is 4.65. The zero-order valence-corrected chi connectivity index (χ0v) is 15.7. The van der Waals surface area contributed by atoms with Crippen molar-refractivity contribution in [1.29, 1.82) is 5.26 Å². The number of anilines is 2. The van der Waals surface area contributed by atoms with Crippen LogP contribution in [0.4, 0.5) is 24.8 Å². The number of halogens is 3. The minimum Gasteiger partial charge on any atom is -0.481 e. The van der Waals surface area contributed by atoms with Crippen molar-refractivity contribution in [2.75, 3.05) is 29.4 Å². The summed E-state index contributed by atoms with van der Waals surface area (Å²) in [7, 11) is 0. The lowest BCUT2D eigenvalue weighted by atomic mass is 9.99. The van der Waals surface area contributed by atoms with Gasteiger partial charge in [-0.25, -0.2) is 4.98 Å². The minimum absolute atomic E-state index is 0.0434. The average Bonchev–Trinajstić information content (AvgIpc) is 3.11. The maximum atomic E-state index is 13.6. The highest BCUT2D eigenvalue weighted by Gasteiger charge is 2.55. The third-order valence-electron chi connectivity index (χ3n) is 6.50. The lowest BCUT2D eigenvalue weighted by molar-refractivity contribution is -0.138. The average molecular weight is 410 g/mol. The Morgan fingerprint density at radius 1 is 1.34 bits per heavy atom. The molecule has 1 aromatic rings. The van der Waals surface area contributed by atoms with Crippen LogP contribution >= 0.6 is 0 Å². The van der Waals surface area contributed by atoms with E-state index in [1.54, 1.807) is 17.9 Å². The van der Waals surface area contributed by atoms with E-state index in [4.69, 9.17) is 5.11 Å². The van der Waals surface area contributed by atoms with Crippen molar-refractivity contribution in [3.63, 3.8) is 0 Å². The number of alkyl halides is 3. The van der Waals surface area contributed by atoms with E-state index in [9.17, 15) is 28.3 Å². The number of nitriles is 1. The molecule has 3 fully saturated rings. The second-order valence-electron chi connectivity index (χ2n) is 8.13. The van der Waals surface area contributed by atoms with Crippen molar-refractivity contribution in [1.82, 2.24) is 4.98 Å². The van der Waals surface area contributed by atoms with E-state index in [0.717, 1.165) is 6.07 Å². The monoisotopic (exact) mass is 410 g/mol. The number of carbonyl (C=O) groups is 1. The maximum Gasteiger partial charge on any atom is 0.417 e. The van der Waals surface area contributed by atoms with Crippen LogP contribution in [0.25, 0.3) is 0 Å². The number of aliphatic hydroxyl groups excluding tert-OH is 1. The fraction of sp³-hybridized carbons (Fsp3) is 0.632. The zero-order chi connectivity index (χ0) is 21.1. The number of piperidine rings is 1. The first-order valence-corrected chi connectivity index (χ1v) is 9.55. The number of aromatic nitrogens is 1. The van der Waals surface area contributed by atoms with Crippen molar-refractivity contribution in [2.45, 2.75) is 38.1 Å². The summed E-state index contributed by atoms with van der Waals surface area (Å²) in [5, 5.41) is 28.0. The highest BCUT2D eigenvalue weighted by Crippen LogP contribution is 2.55. The van der Waals surface area contributed by atoms with E-state index in [2.05, 4.69) is 4.98 Å². The molecule has 4 atom stereocenters. The van der Waals surface area contributed by atoms with E-state index in [1.807, 2.05) is 0 Å². The van der Waals surface area contributed by atoms with Gasteiger partial charge in [0.05, 0.1) is 17.7 Å². The topological polar surface area (TPSA) is 101 Å². The number of β-amino-alcohol motifs (C(OH)–C–C–N with tert-alkyl or cyclic N) is 1. The van der Waals surface area contributed by atoms with Gasteiger partial charge >= 0.3 is 12.1 Å². The summed E-state index contributed by atoms with van der Waals surface area (Å²) in [6, 6.07) is 2.16. The first-order chi connectivity index (χ1) is 13.6. The molecule has 0 aromatic carbocycles. The van der Waals surface area contributed by atoms with Gasteiger partial charge < -0.3 is 20.0 Å². The summed E-state index contributed by atoms with van der Waals surface area (Å²) >= 11 is 0. The highest BCUT2D eigenvalue weighted by atomic mass is 19.4. The molecule has 3 heterocycles. The van der Waals surface area contributed by atoms with Crippen LogP contribution in [-0.4, -0.2) is 52.9 Å². The molecule has 1 aromatic heterocycles. The molecule has 7 nitrogen and oxygen atoms in total. The molecule has 10 heteroatoms. The number of aliphatic hydroxyl groups is 1. The van der Waals surface area contributed by atoms with Crippen molar-refractivity contribution < 1.29 is 28.2 Å². The number of hydrogen-bond acceptors (Lipinski definition) is 6. The molecule has 1 aliphatic carbocycles. The van der Waals surface area contributed by atoms with Gasteiger partial charge in [-0.1, -0.05) is 0 Å². The van der Waals surface area contributed by atoms with Gasteiger partial charge in [-0.2, -0.15) is 18.4 Å². The Bertz CT molecular complexity index is 873. The molecule has 2 N–H and O–H groups in total. The van der Waals surface area contributed by atoms with Gasteiger partial charge in [0.2, 0.25) is 0 Å². The molecular weight excluding hydrogens is 389 g/mol. The lowest BCUT2D eigenvalue weighted by Gasteiger charge is -2.45. The number of aliphatic carboxylic acids is 1. The molecule has 4 rings (SSSR count). The molecule has 2 saturated heterocycles. The molecular formula is C19H21F3N4O3. The molecule has 0 bridgehead atoms. The molecule has 29 heavy (non-hydrogen) atoms. The third kappa shape index (κ3) is 3.37. The Labute approximate surface area is 165 Å². The van der Waals surface area contributed by atoms with E-state index < -0.39 is 35.4 Å². The second kappa shape index (κ2) is 6.76. The van der Waals surface area contributed by atoms with E-state index >= 15 is 0 Å². The van der Waals surface area contributed by atoms with Gasteiger partial charge in [0.25, 0.3) is 0 Å². The SMILES string of the molecule is C[C@H]1[C@H](O)CN1c1nc(N2CC3C(CCC(=O)O)C3C2)cc(C(F)(F)F)c1C#N. The van der Waals surface area contributed by atoms with Gasteiger partial charge in [-0.3, -0.25) is 4.79 Å². The van der Waals surface area contributed by atoms with Gasteiger partial charge in [-0.15, -0.1) is 0 Å². The van der Waals surface area contributed by atoms with Crippen molar-refractivity contribution >= 4 is 17.6 Å². The highest BCUT2D eigenvalue weighted by molar-refractivity contribution is 5.67. The van der Waals surface area contributed by atoms with Crippen LogP contribution in [-0.2, 0) is 11.0 Å². The summed E-state index contributed by atoms with van der Waals surface area (Å²) in [5.74, 6) is 0.129. The predicted molar refractivity (Wildman–Crippen MR) is 96.3 cm³/mol. The summed E-state index contributed by atoms with van der Waals surface area (Å²) in [6.45, 7) is 2.87. The summed E-state index contributed by atoms with van der Waals surface area (Å²) in [6.07, 6.45) is -4.68. The molecule has 2 unspecified atom stereocenters. The van der Waals surface area contributed by atoms with Crippen LogP contribution in [0.3, 0.4) is 0 Å². The Morgan fingerprint density at radius 3 is 2.48 bits per heavy atom. The van der Waals surface area contributed by atoms with Gasteiger partial charge in [0, 0.05) is 26.1 Å². The molecule has 156 valence electrons. The first-order valence-electron chi connectivity index (χ1n) is 9.55. The largest absolute Gasteiger partial charge is 0.481 e. The molecule has 0 radical (unpaired) electrons. The Morgan fingerprint density at radius 2 is 2.00 bits per heavy atom. The molecule has 0 amide bonds. The number of carboxylic acid groups (broad SMARTS) is 1.